The second kappa shape index (κ2) is 6.18. The summed E-state index contributed by atoms with van der Waals surface area (Å²) in [6.07, 6.45) is 3.23. The van der Waals surface area contributed by atoms with Crippen molar-refractivity contribution in [2.75, 3.05) is 5.32 Å². The number of anilines is 1. The van der Waals surface area contributed by atoms with E-state index in [9.17, 15) is 4.79 Å². The van der Waals surface area contributed by atoms with Crippen LogP contribution in [-0.4, -0.2) is 15.9 Å². The number of carbonyl (C=O) groups excluding carboxylic acids is 1. The van der Waals surface area contributed by atoms with E-state index in [1.807, 2.05) is 49.4 Å². The molecule has 0 aliphatic rings. The van der Waals surface area contributed by atoms with E-state index in [4.69, 9.17) is 0 Å². The van der Waals surface area contributed by atoms with Crippen LogP contribution in [0.5, 0.6) is 0 Å². The van der Waals surface area contributed by atoms with Crippen molar-refractivity contribution >= 4 is 11.6 Å². The van der Waals surface area contributed by atoms with Gasteiger partial charge in [0.25, 0.3) is 5.91 Å². The summed E-state index contributed by atoms with van der Waals surface area (Å²) in [4.78, 5) is 20.6. The Morgan fingerprint density at radius 2 is 1.55 bits per heavy atom. The van der Waals surface area contributed by atoms with E-state index >= 15 is 0 Å². The number of nitrogens with one attached hydrogen (secondary N) is 1. The Balaban J connectivity index is 1.74. The van der Waals surface area contributed by atoms with E-state index in [1.54, 1.807) is 24.5 Å². The van der Waals surface area contributed by atoms with Gasteiger partial charge in [-0.15, -0.1) is 0 Å². The van der Waals surface area contributed by atoms with Gasteiger partial charge >= 0.3 is 0 Å². The van der Waals surface area contributed by atoms with Gasteiger partial charge in [0.15, 0.2) is 5.82 Å². The van der Waals surface area contributed by atoms with Crippen LogP contribution < -0.4 is 5.32 Å². The van der Waals surface area contributed by atoms with Crippen molar-refractivity contribution in [1.82, 2.24) is 9.97 Å². The lowest BCUT2D eigenvalue weighted by molar-refractivity contribution is 0.102. The van der Waals surface area contributed by atoms with Crippen LogP contribution in [0.15, 0.2) is 67.0 Å². The van der Waals surface area contributed by atoms with Crippen molar-refractivity contribution in [2.24, 2.45) is 0 Å². The molecule has 2 aromatic carbocycles. The van der Waals surface area contributed by atoms with Gasteiger partial charge in [-0.25, -0.2) is 9.97 Å². The van der Waals surface area contributed by atoms with Gasteiger partial charge in [0.05, 0.1) is 18.1 Å². The van der Waals surface area contributed by atoms with Crippen LogP contribution in [0.25, 0.3) is 11.4 Å². The summed E-state index contributed by atoms with van der Waals surface area (Å²) in [6.45, 7) is 2.03. The van der Waals surface area contributed by atoms with Gasteiger partial charge in [0.2, 0.25) is 0 Å². The Bertz CT molecular complexity index is 766. The van der Waals surface area contributed by atoms with E-state index < -0.39 is 0 Å². The first-order chi connectivity index (χ1) is 10.7. The van der Waals surface area contributed by atoms with Crippen LogP contribution in [0, 0.1) is 6.92 Å². The van der Waals surface area contributed by atoms with E-state index in [1.165, 1.54) is 5.56 Å². The fourth-order valence-corrected chi connectivity index (χ4v) is 2.04. The van der Waals surface area contributed by atoms with Gasteiger partial charge in [-0.05, 0) is 19.1 Å². The highest BCUT2D eigenvalue weighted by atomic mass is 16.1. The van der Waals surface area contributed by atoms with E-state index in [0.717, 1.165) is 5.56 Å². The highest BCUT2D eigenvalue weighted by Crippen LogP contribution is 2.16. The predicted octanol–water partition coefficient (Wildman–Crippen LogP) is 3.70. The normalized spacial score (nSPS) is 10.2. The molecule has 0 fully saturated rings. The number of hydrogen-bond donors (Lipinski definition) is 1. The summed E-state index contributed by atoms with van der Waals surface area (Å²) in [7, 11) is 0. The second-order valence-electron chi connectivity index (χ2n) is 4.98. The van der Waals surface area contributed by atoms with Crippen molar-refractivity contribution < 1.29 is 4.79 Å². The van der Waals surface area contributed by atoms with Crippen LogP contribution in [0.2, 0.25) is 0 Å². The number of rotatable bonds is 3. The van der Waals surface area contributed by atoms with E-state index in [0.29, 0.717) is 17.1 Å². The Kier molecular flexibility index (Phi) is 3.92. The van der Waals surface area contributed by atoms with Crippen LogP contribution in [0.3, 0.4) is 0 Å². The highest BCUT2D eigenvalue weighted by molar-refractivity contribution is 6.04. The maximum Gasteiger partial charge on any atom is 0.255 e. The minimum atomic E-state index is -0.174. The molecule has 0 saturated carbocycles. The molecule has 0 radical (unpaired) electrons. The van der Waals surface area contributed by atoms with Gasteiger partial charge in [-0.1, -0.05) is 48.0 Å². The zero-order valence-corrected chi connectivity index (χ0v) is 12.2. The first-order valence-electron chi connectivity index (χ1n) is 6.98. The third kappa shape index (κ3) is 3.17. The summed E-state index contributed by atoms with van der Waals surface area (Å²) < 4.78 is 0. The number of amides is 1. The van der Waals surface area contributed by atoms with Crippen molar-refractivity contribution in [3.8, 4) is 11.4 Å². The van der Waals surface area contributed by atoms with Crippen molar-refractivity contribution in [3.05, 3.63) is 78.1 Å². The minimum Gasteiger partial charge on any atom is -0.319 e. The molecule has 0 aliphatic heterocycles. The third-order valence-corrected chi connectivity index (χ3v) is 3.26. The lowest BCUT2D eigenvalue weighted by Gasteiger charge is -2.05. The Morgan fingerprint density at radius 3 is 2.18 bits per heavy atom. The van der Waals surface area contributed by atoms with Gasteiger partial charge in [-0.3, -0.25) is 4.79 Å². The average Bonchev–Trinajstić information content (AvgIpc) is 2.57. The van der Waals surface area contributed by atoms with Gasteiger partial charge < -0.3 is 5.32 Å². The van der Waals surface area contributed by atoms with E-state index in [2.05, 4.69) is 15.3 Å². The lowest BCUT2D eigenvalue weighted by Crippen LogP contribution is -2.12. The topological polar surface area (TPSA) is 54.9 Å². The molecule has 3 aromatic rings. The Morgan fingerprint density at radius 1 is 0.909 bits per heavy atom. The maximum atomic E-state index is 12.0. The molecule has 1 N–H and O–H groups in total. The third-order valence-electron chi connectivity index (χ3n) is 3.26. The molecular formula is C18H15N3O. The molecule has 1 heterocycles. The molecule has 1 aromatic heterocycles. The van der Waals surface area contributed by atoms with Gasteiger partial charge in [0.1, 0.15) is 0 Å². The fourth-order valence-electron chi connectivity index (χ4n) is 2.04. The molecule has 0 atom stereocenters. The zero-order valence-electron chi connectivity index (χ0n) is 12.2. The van der Waals surface area contributed by atoms with Crippen LogP contribution in [0.1, 0.15) is 15.9 Å². The van der Waals surface area contributed by atoms with E-state index in [-0.39, 0.29) is 5.91 Å². The Labute approximate surface area is 128 Å². The fraction of sp³-hybridized carbons (Fsp3) is 0.0556. The maximum absolute atomic E-state index is 12.0. The molecule has 0 aliphatic carbocycles. The molecule has 3 rings (SSSR count). The molecule has 1 amide bonds. The van der Waals surface area contributed by atoms with Gasteiger partial charge in [0, 0.05) is 11.1 Å². The number of carbonyl (C=O) groups is 1. The molecule has 0 spiro atoms. The van der Waals surface area contributed by atoms with Crippen LogP contribution in [-0.2, 0) is 0 Å². The largest absolute Gasteiger partial charge is 0.319 e. The van der Waals surface area contributed by atoms with Crippen molar-refractivity contribution in [3.63, 3.8) is 0 Å². The molecule has 0 bridgehead atoms. The summed E-state index contributed by atoms with van der Waals surface area (Å²) in [6, 6.07) is 17.0. The second-order valence-corrected chi connectivity index (χ2v) is 4.98. The lowest BCUT2D eigenvalue weighted by atomic mass is 10.1. The molecule has 22 heavy (non-hydrogen) atoms. The quantitative estimate of drug-likeness (QED) is 0.799. The standard InChI is InChI=1S/C18H15N3O/c1-13-7-9-14(10-8-13)17-19-11-16(12-20-17)21-18(22)15-5-3-2-4-6-15/h2-12H,1H3,(H,21,22). The molecule has 108 valence electrons. The molecule has 0 saturated heterocycles. The first-order valence-corrected chi connectivity index (χ1v) is 6.98. The minimum absolute atomic E-state index is 0.174. The van der Waals surface area contributed by atoms with Crippen molar-refractivity contribution in [2.45, 2.75) is 6.92 Å². The summed E-state index contributed by atoms with van der Waals surface area (Å²) in [5, 5.41) is 2.78. The predicted molar refractivity (Wildman–Crippen MR) is 86.6 cm³/mol. The number of benzene rings is 2. The summed E-state index contributed by atoms with van der Waals surface area (Å²) >= 11 is 0. The summed E-state index contributed by atoms with van der Waals surface area (Å²) in [5.41, 5.74) is 3.32. The SMILES string of the molecule is Cc1ccc(-c2ncc(NC(=O)c3ccccc3)cn2)cc1. The van der Waals surface area contributed by atoms with Crippen LogP contribution in [0.4, 0.5) is 5.69 Å². The highest BCUT2D eigenvalue weighted by Gasteiger charge is 2.06. The number of aromatic nitrogens is 2. The number of hydrogen-bond acceptors (Lipinski definition) is 3. The van der Waals surface area contributed by atoms with Crippen LogP contribution >= 0.6 is 0 Å². The van der Waals surface area contributed by atoms with Crippen molar-refractivity contribution in [1.29, 1.82) is 0 Å². The molecule has 4 heteroatoms. The summed E-state index contributed by atoms with van der Waals surface area (Å²) in [5.74, 6) is 0.463. The Hall–Kier alpha value is -3.01. The number of aryl methyl sites for hydroxylation is 1. The molecule has 0 unspecified atom stereocenters. The zero-order chi connectivity index (χ0) is 15.4. The molecular weight excluding hydrogens is 274 g/mol. The smallest absolute Gasteiger partial charge is 0.255 e. The first kappa shape index (κ1) is 13.9. The number of nitrogens with zero attached hydrogens (tertiary/aromatic N) is 2. The monoisotopic (exact) mass is 289 g/mol. The molecule has 4 nitrogen and oxygen atoms in total. The average molecular weight is 289 g/mol. The van der Waals surface area contributed by atoms with Gasteiger partial charge in [-0.2, -0.15) is 0 Å².